The lowest BCUT2D eigenvalue weighted by molar-refractivity contribution is -0.126. The molecular weight excluding hydrogens is 152 g/mol. The summed E-state index contributed by atoms with van der Waals surface area (Å²) in [4.78, 5) is 19.0. The minimum Gasteiger partial charge on any atom is -0.471 e. The highest BCUT2D eigenvalue weighted by atomic mass is 16.8. The van der Waals surface area contributed by atoms with Crippen molar-refractivity contribution >= 4 is 12.6 Å². The molecule has 1 rings (SSSR count). The van der Waals surface area contributed by atoms with Crippen LogP contribution < -0.4 is 0 Å². The van der Waals surface area contributed by atoms with E-state index in [0.29, 0.717) is 13.1 Å². The first-order valence-corrected chi connectivity index (χ1v) is 3.00. The van der Waals surface area contributed by atoms with Crippen molar-refractivity contribution in [3.05, 3.63) is 0 Å². The molecule has 0 N–H and O–H groups in total. The van der Waals surface area contributed by atoms with E-state index in [9.17, 15) is 4.79 Å². The molecule has 0 spiro atoms. The lowest BCUT2D eigenvalue weighted by atomic mass is 10.5. The summed E-state index contributed by atoms with van der Waals surface area (Å²) in [6.07, 6.45) is -0.597. The smallest absolute Gasteiger partial charge is 0.471 e. The van der Waals surface area contributed by atoms with Crippen molar-refractivity contribution in [2.75, 3.05) is 13.7 Å². The quantitative estimate of drug-likeness (QED) is 0.410. The van der Waals surface area contributed by atoms with E-state index < -0.39 is 6.16 Å². The van der Waals surface area contributed by atoms with Crippen molar-refractivity contribution in [1.29, 1.82) is 0 Å². The molecule has 1 atom stereocenters. The zero-order chi connectivity index (χ0) is 8.69. The molecule has 1 aliphatic heterocycles. The molecule has 1 saturated heterocycles. The summed E-state index contributed by atoms with van der Waals surface area (Å²) in [6, 6.07) is 0. The molecule has 1 unspecified atom stereocenters. The predicted octanol–water partition coefficient (Wildman–Crippen LogP) is 0.331. The van der Waals surface area contributed by atoms with E-state index in [1.165, 1.54) is 7.11 Å². The van der Waals surface area contributed by atoms with Crippen LogP contribution >= 0.6 is 0 Å². The third-order valence-electron chi connectivity index (χ3n) is 0.830. The number of ether oxygens (including phenoxy) is 3. The number of carbonyl (C=O) groups is 2. The Morgan fingerprint density at radius 2 is 2.27 bits per heavy atom. The molecule has 64 valence electrons. The van der Waals surface area contributed by atoms with Crippen LogP contribution in [0.1, 0.15) is 6.92 Å². The van der Waals surface area contributed by atoms with Gasteiger partial charge in [-0.1, -0.05) is 0 Å². The Morgan fingerprint density at radius 3 is 2.36 bits per heavy atom. The standard InChI is InChI=1S/C4H6O3.C2H4O2/c1-3-2-6-4(5)7-3;1-4-2-3/h3H,2H2,1H3;2H,1H3. The topological polar surface area (TPSA) is 61.8 Å². The molecule has 0 radical (unpaired) electrons. The fourth-order valence-corrected chi connectivity index (χ4v) is 0.418. The summed E-state index contributed by atoms with van der Waals surface area (Å²) < 4.78 is 12.8. The van der Waals surface area contributed by atoms with E-state index >= 15 is 0 Å². The molecule has 0 aromatic rings. The molecule has 0 aromatic carbocycles. The summed E-state index contributed by atoms with van der Waals surface area (Å²) in [5, 5.41) is 0. The average Bonchev–Trinajstić information content (AvgIpc) is 2.35. The zero-order valence-electron chi connectivity index (χ0n) is 6.40. The maximum absolute atomic E-state index is 10.0. The second-order valence-corrected chi connectivity index (χ2v) is 1.82. The highest BCUT2D eigenvalue weighted by Crippen LogP contribution is 2.02. The first kappa shape index (κ1) is 9.74. The van der Waals surface area contributed by atoms with Crippen LogP contribution in [0, 0.1) is 0 Å². The summed E-state index contributed by atoms with van der Waals surface area (Å²) in [5.74, 6) is 0. The fraction of sp³-hybridized carbons (Fsp3) is 0.667. The van der Waals surface area contributed by atoms with Gasteiger partial charge >= 0.3 is 6.16 Å². The molecule has 5 heteroatoms. The van der Waals surface area contributed by atoms with Gasteiger partial charge in [0, 0.05) is 0 Å². The number of carbonyl (C=O) groups excluding carboxylic acids is 2. The second kappa shape index (κ2) is 5.52. The molecular formula is C6H10O5. The van der Waals surface area contributed by atoms with Gasteiger partial charge in [-0.3, -0.25) is 4.79 Å². The lowest BCUT2D eigenvalue weighted by Crippen LogP contribution is -2.01. The van der Waals surface area contributed by atoms with Gasteiger partial charge in [0.25, 0.3) is 6.47 Å². The summed E-state index contributed by atoms with van der Waals surface area (Å²) in [5.41, 5.74) is 0. The van der Waals surface area contributed by atoms with Crippen molar-refractivity contribution in [1.82, 2.24) is 0 Å². The van der Waals surface area contributed by atoms with E-state index in [2.05, 4.69) is 14.2 Å². The highest BCUT2D eigenvalue weighted by Gasteiger charge is 2.19. The Balaban J connectivity index is 0.000000218. The molecule has 0 bridgehead atoms. The predicted molar refractivity (Wildman–Crippen MR) is 35.0 cm³/mol. The van der Waals surface area contributed by atoms with E-state index in [-0.39, 0.29) is 6.10 Å². The Morgan fingerprint density at radius 1 is 1.73 bits per heavy atom. The van der Waals surface area contributed by atoms with E-state index in [4.69, 9.17) is 4.79 Å². The second-order valence-electron chi connectivity index (χ2n) is 1.82. The molecule has 0 amide bonds. The number of methoxy groups -OCH3 is 1. The number of hydrogen-bond acceptors (Lipinski definition) is 5. The van der Waals surface area contributed by atoms with Crippen LogP contribution in [0.2, 0.25) is 0 Å². The first-order valence-electron chi connectivity index (χ1n) is 3.00. The van der Waals surface area contributed by atoms with Crippen molar-refractivity contribution in [2.45, 2.75) is 13.0 Å². The van der Waals surface area contributed by atoms with E-state index in [1.54, 1.807) is 6.92 Å². The highest BCUT2D eigenvalue weighted by molar-refractivity contribution is 5.61. The molecule has 0 aliphatic carbocycles. The van der Waals surface area contributed by atoms with Gasteiger partial charge < -0.3 is 14.2 Å². The molecule has 1 heterocycles. The van der Waals surface area contributed by atoms with Crippen molar-refractivity contribution in [3.63, 3.8) is 0 Å². The van der Waals surface area contributed by atoms with Gasteiger partial charge in [-0.05, 0) is 6.92 Å². The van der Waals surface area contributed by atoms with Crippen LogP contribution in [0.5, 0.6) is 0 Å². The fourth-order valence-electron chi connectivity index (χ4n) is 0.418. The van der Waals surface area contributed by atoms with Gasteiger partial charge in [0.05, 0.1) is 7.11 Å². The Bertz CT molecular complexity index is 133. The number of cyclic esters (lactones) is 2. The number of rotatable bonds is 1. The zero-order valence-corrected chi connectivity index (χ0v) is 6.40. The number of hydrogen-bond donors (Lipinski definition) is 0. The van der Waals surface area contributed by atoms with Gasteiger partial charge in [-0.2, -0.15) is 0 Å². The lowest BCUT2D eigenvalue weighted by Gasteiger charge is -1.90. The van der Waals surface area contributed by atoms with Crippen molar-refractivity contribution in [3.8, 4) is 0 Å². The van der Waals surface area contributed by atoms with Crippen molar-refractivity contribution in [2.24, 2.45) is 0 Å². The van der Waals surface area contributed by atoms with Crippen LogP contribution in [0.25, 0.3) is 0 Å². The average molecular weight is 162 g/mol. The van der Waals surface area contributed by atoms with Gasteiger partial charge in [-0.25, -0.2) is 4.79 Å². The van der Waals surface area contributed by atoms with Crippen LogP contribution in [-0.4, -0.2) is 32.4 Å². The molecule has 1 aliphatic rings. The van der Waals surface area contributed by atoms with Gasteiger partial charge in [-0.15, -0.1) is 0 Å². The SMILES string of the molecule is CC1COC(=O)O1.COC=O. The molecule has 5 nitrogen and oxygen atoms in total. The molecule has 0 saturated carbocycles. The maximum atomic E-state index is 10.0. The maximum Gasteiger partial charge on any atom is 0.508 e. The van der Waals surface area contributed by atoms with Crippen LogP contribution in [0.4, 0.5) is 4.79 Å². The Hall–Kier alpha value is -1.26. The Labute approximate surface area is 64.2 Å². The van der Waals surface area contributed by atoms with Crippen LogP contribution in [0.3, 0.4) is 0 Å². The minimum absolute atomic E-state index is 0.0486. The molecule has 11 heavy (non-hydrogen) atoms. The van der Waals surface area contributed by atoms with Gasteiger partial charge in [0.15, 0.2) is 0 Å². The van der Waals surface area contributed by atoms with E-state index in [0.717, 1.165) is 0 Å². The summed E-state index contributed by atoms with van der Waals surface area (Å²) >= 11 is 0. The third-order valence-corrected chi connectivity index (χ3v) is 0.830. The first-order chi connectivity index (χ1) is 5.20. The molecule has 0 aromatic heterocycles. The van der Waals surface area contributed by atoms with Gasteiger partial charge in [0.1, 0.15) is 12.7 Å². The third kappa shape index (κ3) is 5.20. The summed E-state index contributed by atoms with van der Waals surface area (Å²) in [7, 11) is 1.31. The van der Waals surface area contributed by atoms with Crippen molar-refractivity contribution < 1.29 is 23.8 Å². The monoisotopic (exact) mass is 162 g/mol. The van der Waals surface area contributed by atoms with E-state index in [1.807, 2.05) is 0 Å². The van der Waals surface area contributed by atoms with Crippen LogP contribution in [0.15, 0.2) is 0 Å². The van der Waals surface area contributed by atoms with Crippen LogP contribution in [-0.2, 0) is 19.0 Å². The van der Waals surface area contributed by atoms with Gasteiger partial charge in [0.2, 0.25) is 0 Å². The molecule has 1 fully saturated rings. The largest absolute Gasteiger partial charge is 0.508 e. The summed E-state index contributed by atoms with van der Waals surface area (Å²) in [6.45, 7) is 2.56. The Kier molecular flexibility index (Phi) is 4.89. The normalized spacial score (nSPS) is 20.5. The minimum atomic E-state index is -0.549.